The monoisotopic (exact) mass is 411 g/mol. The van der Waals surface area contributed by atoms with Crippen LogP contribution >= 0.6 is 0 Å². The minimum absolute atomic E-state index is 0.0725. The second-order valence-electron chi connectivity index (χ2n) is 6.43. The predicted molar refractivity (Wildman–Crippen MR) is 111 cm³/mol. The van der Waals surface area contributed by atoms with Crippen molar-refractivity contribution in [3.63, 3.8) is 0 Å². The van der Waals surface area contributed by atoms with Crippen LogP contribution in [-0.2, 0) is 14.8 Å². The van der Waals surface area contributed by atoms with Crippen LogP contribution in [0.2, 0.25) is 0 Å². The number of hydrogen-bond acceptors (Lipinski definition) is 5. The summed E-state index contributed by atoms with van der Waals surface area (Å²) < 4.78 is 32.9. The molecule has 0 aliphatic heterocycles. The molecule has 0 radical (unpaired) electrons. The van der Waals surface area contributed by atoms with E-state index in [0.29, 0.717) is 17.1 Å². The van der Waals surface area contributed by atoms with Crippen LogP contribution in [0.5, 0.6) is 5.75 Å². The Balaban J connectivity index is 1.62. The Hall–Kier alpha value is -3.39. The van der Waals surface area contributed by atoms with Crippen molar-refractivity contribution in [2.75, 3.05) is 10.0 Å². The zero-order chi connectivity index (χ0) is 20.9. The minimum Gasteiger partial charge on any atom is -0.481 e. The molecule has 0 saturated heterocycles. The summed E-state index contributed by atoms with van der Waals surface area (Å²) in [6.45, 7) is 3.61. The largest absolute Gasteiger partial charge is 0.481 e. The molecule has 7 nitrogen and oxygen atoms in total. The van der Waals surface area contributed by atoms with Crippen LogP contribution in [0, 0.1) is 6.92 Å². The van der Waals surface area contributed by atoms with Gasteiger partial charge < -0.3 is 10.1 Å². The molecule has 29 heavy (non-hydrogen) atoms. The van der Waals surface area contributed by atoms with Gasteiger partial charge in [-0.25, -0.2) is 8.42 Å². The van der Waals surface area contributed by atoms with E-state index in [-0.39, 0.29) is 10.8 Å². The molecule has 0 unspecified atom stereocenters. The highest BCUT2D eigenvalue weighted by Crippen LogP contribution is 2.18. The Labute approximate surface area is 169 Å². The van der Waals surface area contributed by atoms with Crippen LogP contribution in [0.15, 0.2) is 78.0 Å². The highest BCUT2D eigenvalue weighted by atomic mass is 32.2. The number of rotatable bonds is 7. The third kappa shape index (κ3) is 5.55. The number of amides is 1. The number of nitrogens with one attached hydrogen (secondary N) is 2. The first-order valence-electron chi connectivity index (χ1n) is 8.90. The maximum atomic E-state index is 12.4. The van der Waals surface area contributed by atoms with E-state index < -0.39 is 16.1 Å². The van der Waals surface area contributed by atoms with Crippen molar-refractivity contribution in [1.82, 2.24) is 4.98 Å². The first-order valence-corrected chi connectivity index (χ1v) is 10.4. The first-order chi connectivity index (χ1) is 13.8. The van der Waals surface area contributed by atoms with Crippen LogP contribution < -0.4 is 14.8 Å². The van der Waals surface area contributed by atoms with Crippen LogP contribution in [0.4, 0.5) is 11.4 Å². The number of carbonyl (C=O) groups excluding carboxylic acids is 1. The standard InChI is InChI=1S/C21H21N3O4S/c1-15-5-9-19(10-6-15)28-16(2)21(25)23-17-7-11-20(12-8-17)29(26,27)24-18-4-3-13-22-14-18/h3-14,16,24H,1-2H3,(H,23,25)/t16-/m0/s1. The number of sulfonamides is 1. The predicted octanol–water partition coefficient (Wildman–Crippen LogP) is 3.60. The zero-order valence-corrected chi connectivity index (χ0v) is 16.8. The number of aryl methyl sites for hydroxylation is 1. The van der Waals surface area contributed by atoms with Gasteiger partial charge in [-0.1, -0.05) is 17.7 Å². The van der Waals surface area contributed by atoms with Crippen molar-refractivity contribution >= 4 is 27.3 Å². The fourth-order valence-electron chi connectivity index (χ4n) is 2.47. The Morgan fingerprint density at radius 1 is 1.00 bits per heavy atom. The van der Waals surface area contributed by atoms with Gasteiger partial charge in [0, 0.05) is 11.9 Å². The van der Waals surface area contributed by atoms with E-state index in [1.807, 2.05) is 19.1 Å². The van der Waals surface area contributed by atoms with Crippen LogP contribution in [0.1, 0.15) is 12.5 Å². The van der Waals surface area contributed by atoms with E-state index in [2.05, 4.69) is 15.0 Å². The SMILES string of the molecule is Cc1ccc(O[C@@H](C)C(=O)Nc2ccc(S(=O)(=O)Nc3cccnc3)cc2)cc1. The topological polar surface area (TPSA) is 97.4 Å². The lowest BCUT2D eigenvalue weighted by atomic mass is 10.2. The van der Waals surface area contributed by atoms with Gasteiger partial charge in [0.15, 0.2) is 6.10 Å². The summed E-state index contributed by atoms with van der Waals surface area (Å²) in [6.07, 6.45) is 2.26. The van der Waals surface area contributed by atoms with Gasteiger partial charge in [-0.3, -0.25) is 14.5 Å². The molecule has 0 spiro atoms. The van der Waals surface area contributed by atoms with E-state index in [1.165, 1.54) is 30.5 Å². The van der Waals surface area contributed by atoms with Crippen molar-refractivity contribution in [3.8, 4) is 5.75 Å². The number of nitrogens with zero attached hydrogens (tertiary/aromatic N) is 1. The molecule has 8 heteroatoms. The van der Waals surface area contributed by atoms with Gasteiger partial charge in [0.05, 0.1) is 16.8 Å². The lowest BCUT2D eigenvalue weighted by Crippen LogP contribution is -2.30. The van der Waals surface area contributed by atoms with Crippen molar-refractivity contribution < 1.29 is 17.9 Å². The second-order valence-corrected chi connectivity index (χ2v) is 8.12. The summed E-state index contributed by atoms with van der Waals surface area (Å²) in [6, 6.07) is 16.5. The van der Waals surface area contributed by atoms with E-state index in [0.717, 1.165) is 5.56 Å². The van der Waals surface area contributed by atoms with E-state index in [1.54, 1.807) is 37.4 Å². The molecule has 0 aliphatic rings. The van der Waals surface area contributed by atoms with Gasteiger partial charge in [0.25, 0.3) is 15.9 Å². The molecular formula is C21H21N3O4S. The van der Waals surface area contributed by atoms with Gasteiger partial charge in [-0.2, -0.15) is 0 Å². The molecule has 3 rings (SSSR count). The zero-order valence-electron chi connectivity index (χ0n) is 16.0. The molecule has 1 heterocycles. The lowest BCUT2D eigenvalue weighted by molar-refractivity contribution is -0.122. The number of aromatic nitrogens is 1. The highest BCUT2D eigenvalue weighted by Gasteiger charge is 2.17. The quantitative estimate of drug-likeness (QED) is 0.619. The molecule has 3 aromatic rings. The summed E-state index contributed by atoms with van der Waals surface area (Å²) in [7, 11) is -3.75. The van der Waals surface area contributed by atoms with Crippen molar-refractivity contribution in [1.29, 1.82) is 0 Å². The summed E-state index contributed by atoms with van der Waals surface area (Å²) in [5, 5.41) is 2.71. The maximum Gasteiger partial charge on any atom is 0.265 e. The molecule has 0 fully saturated rings. The highest BCUT2D eigenvalue weighted by molar-refractivity contribution is 7.92. The second kappa shape index (κ2) is 8.74. The van der Waals surface area contributed by atoms with E-state index in [9.17, 15) is 13.2 Å². The molecule has 0 aliphatic carbocycles. The fraction of sp³-hybridized carbons (Fsp3) is 0.143. The van der Waals surface area contributed by atoms with Gasteiger partial charge in [-0.05, 0) is 62.4 Å². The number of carbonyl (C=O) groups is 1. The number of ether oxygens (including phenoxy) is 1. The van der Waals surface area contributed by atoms with E-state index >= 15 is 0 Å². The first kappa shape index (κ1) is 20.3. The van der Waals surface area contributed by atoms with Crippen LogP contribution in [0.25, 0.3) is 0 Å². The summed E-state index contributed by atoms with van der Waals surface area (Å²) >= 11 is 0. The number of benzene rings is 2. The fourth-order valence-corrected chi connectivity index (χ4v) is 3.52. The normalized spacial score (nSPS) is 12.1. The molecule has 0 bridgehead atoms. The summed E-state index contributed by atoms with van der Waals surface area (Å²) in [5.74, 6) is 0.260. The Morgan fingerprint density at radius 2 is 1.69 bits per heavy atom. The summed E-state index contributed by atoms with van der Waals surface area (Å²) in [4.78, 5) is 16.3. The summed E-state index contributed by atoms with van der Waals surface area (Å²) in [5.41, 5.74) is 1.93. The van der Waals surface area contributed by atoms with Crippen molar-refractivity contribution in [2.45, 2.75) is 24.8 Å². The number of hydrogen-bond donors (Lipinski definition) is 2. The minimum atomic E-state index is -3.75. The van der Waals surface area contributed by atoms with Gasteiger partial charge in [0.1, 0.15) is 5.75 Å². The van der Waals surface area contributed by atoms with Gasteiger partial charge in [0.2, 0.25) is 0 Å². The van der Waals surface area contributed by atoms with Crippen molar-refractivity contribution in [2.24, 2.45) is 0 Å². The molecular weight excluding hydrogens is 390 g/mol. The smallest absolute Gasteiger partial charge is 0.265 e. The maximum absolute atomic E-state index is 12.4. The van der Waals surface area contributed by atoms with E-state index in [4.69, 9.17) is 4.74 Å². The third-order valence-corrected chi connectivity index (χ3v) is 5.45. The Morgan fingerprint density at radius 3 is 2.31 bits per heavy atom. The van der Waals surface area contributed by atoms with Crippen LogP contribution in [-0.4, -0.2) is 25.4 Å². The number of pyridine rings is 1. The molecule has 2 aromatic carbocycles. The molecule has 1 atom stereocenters. The van der Waals surface area contributed by atoms with Gasteiger partial charge in [-0.15, -0.1) is 0 Å². The van der Waals surface area contributed by atoms with Gasteiger partial charge >= 0.3 is 0 Å². The molecule has 0 saturated carbocycles. The van der Waals surface area contributed by atoms with Crippen LogP contribution in [0.3, 0.4) is 0 Å². The average molecular weight is 411 g/mol. The number of anilines is 2. The third-order valence-electron chi connectivity index (χ3n) is 4.05. The Kier molecular flexibility index (Phi) is 6.13. The lowest BCUT2D eigenvalue weighted by Gasteiger charge is -2.15. The van der Waals surface area contributed by atoms with Crippen molar-refractivity contribution in [3.05, 3.63) is 78.6 Å². The molecule has 150 valence electrons. The molecule has 1 amide bonds. The molecule has 1 aromatic heterocycles. The Bertz CT molecular complexity index is 1070. The molecule has 2 N–H and O–H groups in total. The average Bonchev–Trinajstić information content (AvgIpc) is 2.70.